The number of sulfone groups is 1. The fourth-order valence-electron chi connectivity index (χ4n) is 6.39. The van der Waals surface area contributed by atoms with Gasteiger partial charge < -0.3 is 20.4 Å². The number of hydrogen-bond acceptors (Lipinski definition) is 8. The summed E-state index contributed by atoms with van der Waals surface area (Å²) in [4.78, 5) is 22.5. The summed E-state index contributed by atoms with van der Waals surface area (Å²) in [7, 11) is -0.0980. The van der Waals surface area contributed by atoms with E-state index in [1.165, 1.54) is 4.68 Å². The van der Waals surface area contributed by atoms with E-state index in [-0.39, 0.29) is 17.0 Å². The number of alkyl halides is 3. The van der Waals surface area contributed by atoms with Gasteiger partial charge in [-0.25, -0.2) is 17.5 Å². The number of anilines is 2. The molecule has 4 aromatic rings. The molecule has 0 aliphatic carbocycles. The Morgan fingerprint density at radius 2 is 1.83 bits per heavy atom. The van der Waals surface area contributed by atoms with E-state index >= 15 is 4.39 Å². The van der Waals surface area contributed by atoms with Crippen molar-refractivity contribution >= 4 is 38.0 Å². The van der Waals surface area contributed by atoms with Crippen molar-refractivity contribution in [3.63, 3.8) is 0 Å². The molecule has 0 radical (unpaired) electrons. The Hall–Kier alpha value is -4.34. The third-order valence-corrected chi connectivity index (χ3v) is 9.82. The fraction of sp³-hybridized carbons (Fsp3) is 0.364. The van der Waals surface area contributed by atoms with Gasteiger partial charge in [-0.2, -0.15) is 18.3 Å². The first-order valence-electron chi connectivity index (χ1n) is 15.4. The summed E-state index contributed by atoms with van der Waals surface area (Å²) in [5.74, 6) is -1.74. The summed E-state index contributed by atoms with van der Waals surface area (Å²) in [5.41, 5.74) is -1.07. The van der Waals surface area contributed by atoms with E-state index in [4.69, 9.17) is 5.10 Å². The number of halogens is 4. The molecule has 2 aromatic heterocycles. The standard InChI is InChI=1S/C33H35F4N7O3S/c1-42-12-9-20(10-13-42)18-43(2)19-25-16-28-40-32(48(3,46)47)29(31(45)39-24-6-4-23-17-38-11-8-21(23)14-24)30(44(28)41-25)22-5-7-26(27(34)15-22)33(35,36)37/h4-8,11,14-17,20,30,40H,9-10,12-13,18-19H2,1-3H3,(H,39,45). The van der Waals surface area contributed by atoms with Crippen molar-refractivity contribution in [1.82, 2.24) is 24.6 Å². The van der Waals surface area contributed by atoms with E-state index in [1.807, 2.05) is 7.05 Å². The van der Waals surface area contributed by atoms with Crippen LogP contribution in [0.1, 0.15) is 35.7 Å². The maximum absolute atomic E-state index is 15.0. The number of amides is 1. The van der Waals surface area contributed by atoms with Crippen molar-refractivity contribution in [3.8, 4) is 0 Å². The van der Waals surface area contributed by atoms with Crippen molar-refractivity contribution in [3.05, 3.63) is 94.2 Å². The molecule has 4 heterocycles. The molecule has 1 saturated heterocycles. The van der Waals surface area contributed by atoms with E-state index in [1.54, 1.807) is 42.7 Å². The minimum absolute atomic E-state index is 0.0894. The third-order valence-electron chi connectivity index (χ3n) is 8.76. The van der Waals surface area contributed by atoms with Crippen molar-refractivity contribution < 1.29 is 30.8 Å². The Bertz CT molecular complexity index is 2000. The monoisotopic (exact) mass is 685 g/mol. The molecule has 0 spiro atoms. The van der Waals surface area contributed by atoms with Crippen molar-refractivity contribution in [2.24, 2.45) is 5.92 Å². The zero-order chi connectivity index (χ0) is 34.4. The van der Waals surface area contributed by atoms with Gasteiger partial charge in [0.05, 0.1) is 16.8 Å². The average molecular weight is 686 g/mol. The second kappa shape index (κ2) is 12.9. The van der Waals surface area contributed by atoms with E-state index in [2.05, 4.69) is 32.5 Å². The van der Waals surface area contributed by atoms with Crippen LogP contribution in [0, 0.1) is 11.7 Å². The third kappa shape index (κ3) is 7.08. The maximum atomic E-state index is 15.0. The lowest BCUT2D eigenvalue weighted by Crippen LogP contribution is -2.35. The molecule has 254 valence electrons. The summed E-state index contributed by atoms with van der Waals surface area (Å²) < 4.78 is 83.4. The van der Waals surface area contributed by atoms with Gasteiger partial charge in [0.15, 0.2) is 9.84 Å². The first-order chi connectivity index (χ1) is 22.7. The molecule has 48 heavy (non-hydrogen) atoms. The van der Waals surface area contributed by atoms with Gasteiger partial charge in [0.25, 0.3) is 5.91 Å². The van der Waals surface area contributed by atoms with Gasteiger partial charge in [-0.05, 0) is 87.2 Å². The second-order valence-corrected chi connectivity index (χ2v) is 14.5. The first-order valence-corrected chi connectivity index (χ1v) is 17.2. The van der Waals surface area contributed by atoms with Gasteiger partial charge >= 0.3 is 6.18 Å². The molecule has 1 amide bonds. The minimum Gasteiger partial charge on any atom is -0.331 e. The number of hydrogen-bond donors (Lipinski definition) is 2. The van der Waals surface area contributed by atoms with E-state index in [9.17, 15) is 26.4 Å². The number of pyridine rings is 1. The number of piperidine rings is 1. The molecule has 2 aliphatic rings. The summed E-state index contributed by atoms with van der Waals surface area (Å²) in [6, 6.07) is 9.30. The number of benzene rings is 2. The number of nitrogens with zero attached hydrogens (tertiary/aromatic N) is 5. The van der Waals surface area contributed by atoms with Gasteiger partial charge in [-0.1, -0.05) is 12.1 Å². The van der Waals surface area contributed by atoms with Crippen LogP contribution in [0.15, 0.2) is 71.5 Å². The van der Waals surface area contributed by atoms with Gasteiger partial charge in [0.2, 0.25) is 0 Å². The lowest BCUT2D eigenvalue weighted by molar-refractivity contribution is -0.140. The molecular weight excluding hydrogens is 650 g/mol. The number of carbonyl (C=O) groups excluding carboxylic acids is 1. The predicted molar refractivity (Wildman–Crippen MR) is 174 cm³/mol. The molecule has 1 unspecified atom stereocenters. The lowest BCUT2D eigenvalue weighted by atomic mass is 9.95. The van der Waals surface area contributed by atoms with Crippen LogP contribution in [-0.2, 0) is 27.4 Å². The molecule has 1 fully saturated rings. The second-order valence-electron chi connectivity index (χ2n) is 12.6. The summed E-state index contributed by atoms with van der Waals surface area (Å²) in [6.07, 6.45) is 1.29. The Kier molecular flexibility index (Phi) is 9.04. The highest BCUT2D eigenvalue weighted by Gasteiger charge is 2.40. The van der Waals surface area contributed by atoms with E-state index in [0.29, 0.717) is 36.0 Å². The minimum atomic E-state index is -4.96. The molecule has 2 N–H and O–H groups in total. The van der Waals surface area contributed by atoms with Crippen LogP contribution in [0.2, 0.25) is 0 Å². The number of aromatic nitrogens is 3. The molecule has 2 aromatic carbocycles. The number of carbonyl (C=O) groups is 1. The zero-order valence-electron chi connectivity index (χ0n) is 26.6. The van der Waals surface area contributed by atoms with Gasteiger partial charge in [0, 0.05) is 48.9 Å². The van der Waals surface area contributed by atoms with E-state index < -0.39 is 44.4 Å². The molecule has 2 aliphatic heterocycles. The number of nitrogens with one attached hydrogen (secondary N) is 2. The highest BCUT2D eigenvalue weighted by atomic mass is 32.2. The molecule has 1 atom stereocenters. The summed E-state index contributed by atoms with van der Waals surface area (Å²) in [6.45, 7) is 3.20. The topological polar surface area (TPSA) is 112 Å². The predicted octanol–water partition coefficient (Wildman–Crippen LogP) is 5.27. The van der Waals surface area contributed by atoms with Crippen LogP contribution in [0.3, 0.4) is 0 Å². The van der Waals surface area contributed by atoms with Gasteiger partial charge in [0.1, 0.15) is 22.7 Å². The lowest BCUT2D eigenvalue weighted by Gasteiger charge is -2.31. The van der Waals surface area contributed by atoms with E-state index in [0.717, 1.165) is 55.6 Å². The molecular formula is C33H35F4N7O3S. The van der Waals surface area contributed by atoms with Crippen LogP contribution in [0.4, 0.5) is 29.1 Å². The Morgan fingerprint density at radius 3 is 2.52 bits per heavy atom. The smallest absolute Gasteiger partial charge is 0.331 e. The fourth-order valence-corrected chi connectivity index (χ4v) is 7.28. The number of likely N-dealkylation sites (tertiary alicyclic amines) is 1. The van der Waals surface area contributed by atoms with Crippen molar-refractivity contribution in [2.75, 3.05) is 50.6 Å². The maximum Gasteiger partial charge on any atom is 0.419 e. The Morgan fingerprint density at radius 1 is 1.08 bits per heavy atom. The highest BCUT2D eigenvalue weighted by molar-refractivity contribution is 7.94. The van der Waals surface area contributed by atoms with Crippen LogP contribution < -0.4 is 10.6 Å². The van der Waals surface area contributed by atoms with Crippen LogP contribution in [-0.4, -0.2) is 78.9 Å². The Labute approximate surface area is 275 Å². The average Bonchev–Trinajstić information content (AvgIpc) is 3.42. The molecule has 10 nitrogen and oxygen atoms in total. The van der Waals surface area contributed by atoms with Crippen molar-refractivity contribution in [1.29, 1.82) is 0 Å². The Balaban J connectivity index is 1.40. The van der Waals surface area contributed by atoms with Gasteiger partial charge in [-0.15, -0.1) is 0 Å². The highest BCUT2D eigenvalue weighted by Crippen LogP contribution is 2.40. The molecule has 0 saturated carbocycles. The number of fused-ring (bicyclic) bond motifs is 2. The van der Waals surface area contributed by atoms with Crippen molar-refractivity contribution in [2.45, 2.75) is 31.6 Å². The van der Waals surface area contributed by atoms with Gasteiger partial charge in [-0.3, -0.25) is 9.78 Å². The quantitative estimate of drug-likeness (QED) is 0.242. The largest absolute Gasteiger partial charge is 0.419 e. The van der Waals surface area contributed by atoms with Crippen LogP contribution in [0.25, 0.3) is 10.8 Å². The molecule has 0 bridgehead atoms. The normalized spacial score (nSPS) is 17.9. The molecule has 6 rings (SSSR count). The SMILES string of the molecule is CN1CCC(CN(C)Cc2cc3n(n2)C(c2ccc(C(F)(F)F)c(F)c2)C(C(=O)Nc2ccc4cnccc4c2)=C(S(C)(=O)=O)N3)CC1. The van der Waals surface area contributed by atoms with Crippen LogP contribution >= 0.6 is 0 Å². The first kappa shape index (κ1) is 33.6. The number of rotatable bonds is 8. The summed E-state index contributed by atoms with van der Waals surface area (Å²) >= 11 is 0. The zero-order valence-corrected chi connectivity index (χ0v) is 27.4. The van der Waals surface area contributed by atoms with Crippen LogP contribution in [0.5, 0.6) is 0 Å². The summed E-state index contributed by atoms with van der Waals surface area (Å²) in [5, 5.41) is 11.4. The molecule has 15 heteroatoms.